The lowest BCUT2D eigenvalue weighted by molar-refractivity contribution is 0.336. The van der Waals surface area contributed by atoms with E-state index in [1.54, 1.807) is 7.05 Å². The average Bonchev–Trinajstić information content (AvgIpc) is 3.19. The molecular weight excluding hydrogens is 338 g/mol. The second-order valence-corrected chi connectivity index (χ2v) is 5.93. The molecule has 3 N–H and O–H groups in total. The Kier molecular flexibility index (Phi) is 6.46. The average molecular weight is 363 g/mol. The van der Waals surface area contributed by atoms with Gasteiger partial charge in [0.25, 0.3) is 0 Å². The topological polar surface area (TPSA) is 74.3 Å². The number of rotatable bonds is 7. The van der Waals surface area contributed by atoms with E-state index < -0.39 is 0 Å². The number of imidazole rings is 1. The molecule has 0 saturated carbocycles. The van der Waals surface area contributed by atoms with E-state index in [-0.39, 0.29) is 0 Å². The molecule has 140 valence electrons. The zero-order valence-corrected chi connectivity index (χ0v) is 15.7. The van der Waals surface area contributed by atoms with Crippen LogP contribution in [0.3, 0.4) is 0 Å². The normalized spacial score (nSPS) is 11.3. The summed E-state index contributed by atoms with van der Waals surface area (Å²) in [5.74, 6) is 2.45. The summed E-state index contributed by atoms with van der Waals surface area (Å²) in [6.45, 7) is 3.81. The Morgan fingerprint density at radius 1 is 1.04 bits per heavy atom. The highest BCUT2D eigenvalue weighted by Gasteiger charge is 2.06. The molecule has 0 amide bonds. The maximum Gasteiger partial charge on any atom is 0.191 e. The molecule has 3 rings (SSSR count). The molecule has 0 atom stereocenters. The number of hydrogen-bond donors (Lipinski definition) is 3. The fourth-order valence-corrected chi connectivity index (χ4v) is 2.73. The Hall–Kier alpha value is -3.28. The minimum atomic E-state index is 0.555. The van der Waals surface area contributed by atoms with Crippen molar-refractivity contribution < 1.29 is 4.74 Å². The largest absolute Gasteiger partial charge is 0.494 e. The summed E-state index contributed by atoms with van der Waals surface area (Å²) in [4.78, 5) is 12.0. The number of aliphatic imine (C=N–C) groups is 1. The fraction of sp³-hybridized carbons (Fsp3) is 0.238. The minimum absolute atomic E-state index is 0.555. The summed E-state index contributed by atoms with van der Waals surface area (Å²) in [5, 5.41) is 6.59. The molecule has 27 heavy (non-hydrogen) atoms. The van der Waals surface area contributed by atoms with Crippen molar-refractivity contribution in [2.75, 3.05) is 13.7 Å². The summed E-state index contributed by atoms with van der Waals surface area (Å²) < 4.78 is 5.66. The van der Waals surface area contributed by atoms with Crippen LogP contribution < -0.4 is 15.4 Å². The van der Waals surface area contributed by atoms with Crippen LogP contribution in [-0.4, -0.2) is 29.6 Å². The number of guanidine groups is 1. The number of H-pyrrole nitrogens is 1. The van der Waals surface area contributed by atoms with Crippen LogP contribution in [0.1, 0.15) is 18.3 Å². The molecule has 0 saturated heterocycles. The quantitative estimate of drug-likeness (QED) is 0.445. The van der Waals surface area contributed by atoms with E-state index in [2.05, 4.69) is 37.7 Å². The van der Waals surface area contributed by atoms with Gasteiger partial charge in [0, 0.05) is 19.2 Å². The first-order valence-electron chi connectivity index (χ1n) is 9.04. The smallest absolute Gasteiger partial charge is 0.191 e. The highest BCUT2D eigenvalue weighted by atomic mass is 16.5. The van der Waals surface area contributed by atoms with Gasteiger partial charge in [0.05, 0.1) is 25.0 Å². The van der Waals surface area contributed by atoms with Gasteiger partial charge in [-0.05, 0) is 18.6 Å². The van der Waals surface area contributed by atoms with Crippen molar-refractivity contribution in [3.8, 4) is 17.0 Å². The van der Waals surface area contributed by atoms with Gasteiger partial charge in [0.1, 0.15) is 11.6 Å². The summed E-state index contributed by atoms with van der Waals surface area (Å²) in [5.41, 5.74) is 3.21. The third-order valence-electron chi connectivity index (χ3n) is 4.08. The van der Waals surface area contributed by atoms with Gasteiger partial charge in [-0.15, -0.1) is 0 Å². The first-order chi connectivity index (χ1) is 13.3. The standard InChI is InChI=1S/C21H25N5O/c1-3-27-19-12-8-7-11-17(19)13-24-21(22-2)25-15-20-23-14-18(26-20)16-9-5-4-6-10-16/h4-12,14H,3,13,15H2,1-2H3,(H,23,26)(H2,22,24,25). The zero-order valence-electron chi connectivity index (χ0n) is 15.7. The number of benzene rings is 2. The van der Waals surface area contributed by atoms with Gasteiger partial charge in [0.2, 0.25) is 0 Å². The van der Waals surface area contributed by atoms with Crippen molar-refractivity contribution in [2.45, 2.75) is 20.0 Å². The van der Waals surface area contributed by atoms with Gasteiger partial charge in [0.15, 0.2) is 5.96 Å². The second-order valence-electron chi connectivity index (χ2n) is 5.93. The number of hydrogen-bond acceptors (Lipinski definition) is 3. The van der Waals surface area contributed by atoms with Crippen LogP contribution >= 0.6 is 0 Å². The SMILES string of the molecule is CCOc1ccccc1CNC(=NC)NCc1ncc(-c2ccccc2)[nH]1. The second kappa shape index (κ2) is 9.43. The van der Waals surface area contributed by atoms with Crippen LogP contribution in [-0.2, 0) is 13.1 Å². The lowest BCUT2D eigenvalue weighted by atomic mass is 10.2. The van der Waals surface area contributed by atoms with Crippen LogP contribution in [0.2, 0.25) is 0 Å². The number of aromatic amines is 1. The van der Waals surface area contributed by atoms with E-state index in [1.165, 1.54) is 0 Å². The number of para-hydroxylation sites is 1. The monoisotopic (exact) mass is 363 g/mol. The van der Waals surface area contributed by atoms with Crippen LogP contribution in [0.25, 0.3) is 11.3 Å². The molecule has 0 unspecified atom stereocenters. The Balaban J connectivity index is 1.55. The van der Waals surface area contributed by atoms with Gasteiger partial charge in [-0.3, -0.25) is 4.99 Å². The molecule has 0 bridgehead atoms. The van der Waals surface area contributed by atoms with Gasteiger partial charge < -0.3 is 20.4 Å². The molecule has 0 spiro atoms. The predicted octanol–water partition coefficient (Wildman–Crippen LogP) is 3.34. The van der Waals surface area contributed by atoms with Gasteiger partial charge in [-0.1, -0.05) is 48.5 Å². The van der Waals surface area contributed by atoms with E-state index in [1.807, 2.05) is 55.6 Å². The Bertz CT molecular complexity index is 873. The van der Waals surface area contributed by atoms with Gasteiger partial charge in [-0.2, -0.15) is 0 Å². The van der Waals surface area contributed by atoms with E-state index in [4.69, 9.17) is 4.74 Å². The molecule has 1 heterocycles. The molecule has 0 fully saturated rings. The van der Waals surface area contributed by atoms with Crippen molar-refractivity contribution in [1.29, 1.82) is 0 Å². The molecule has 6 nitrogen and oxygen atoms in total. The Morgan fingerprint density at radius 2 is 1.78 bits per heavy atom. The predicted molar refractivity (Wildman–Crippen MR) is 109 cm³/mol. The number of nitrogens with one attached hydrogen (secondary N) is 3. The summed E-state index contributed by atoms with van der Waals surface area (Å²) >= 11 is 0. The van der Waals surface area contributed by atoms with Crippen LogP contribution in [0.4, 0.5) is 0 Å². The number of nitrogens with zero attached hydrogens (tertiary/aromatic N) is 2. The number of ether oxygens (including phenoxy) is 1. The maximum atomic E-state index is 5.66. The number of aromatic nitrogens is 2. The maximum absolute atomic E-state index is 5.66. The minimum Gasteiger partial charge on any atom is -0.494 e. The summed E-state index contributed by atoms with van der Waals surface area (Å²) in [7, 11) is 1.75. The molecule has 6 heteroatoms. The molecule has 0 aliphatic rings. The summed E-state index contributed by atoms with van der Waals surface area (Å²) in [6, 6.07) is 18.1. The molecule has 0 radical (unpaired) electrons. The molecule has 1 aromatic heterocycles. The highest BCUT2D eigenvalue weighted by molar-refractivity contribution is 5.79. The van der Waals surface area contributed by atoms with Gasteiger partial charge in [-0.25, -0.2) is 4.98 Å². The van der Waals surface area contributed by atoms with Crippen molar-refractivity contribution in [1.82, 2.24) is 20.6 Å². The molecule has 2 aromatic carbocycles. The van der Waals surface area contributed by atoms with Crippen molar-refractivity contribution >= 4 is 5.96 Å². The zero-order chi connectivity index (χ0) is 18.9. The van der Waals surface area contributed by atoms with Crippen LogP contribution in [0, 0.1) is 0 Å². The van der Waals surface area contributed by atoms with E-state index in [0.717, 1.165) is 28.4 Å². The summed E-state index contributed by atoms with van der Waals surface area (Å²) in [6.07, 6.45) is 1.85. The first kappa shape index (κ1) is 18.5. The first-order valence-corrected chi connectivity index (χ1v) is 9.04. The lowest BCUT2D eigenvalue weighted by Crippen LogP contribution is -2.36. The van der Waals surface area contributed by atoms with Gasteiger partial charge >= 0.3 is 0 Å². The van der Waals surface area contributed by atoms with Crippen molar-refractivity contribution in [3.63, 3.8) is 0 Å². The fourth-order valence-electron chi connectivity index (χ4n) is 2.73. The molecule has 0 aliphatic carbocycles. The van der Waals surface area contributed by atoms with E-state index in [0.29, 0.717) is 25.7 Å². The molecule has 0 aliphatic heterocycles. The van der Waals surface area contributed by atoms with Crippen LogP contribution in [0.15, 0.2) is 65.8 Å². The third-order valence-corrected chi connectivity index (χ3v) is 4.08. The van der Waals surface area contributed by atoms with Crippen molar-refractivity contribution in [2.24, 2.45) is 4.99 Å². The highest BCUT2D eigenvalue weighted by Crippen LogP contribution is 2.17. The third kappa shape index (κ3) is 5.10. The molecular formula is C21H25N5O. The van der Waals surface area contributed by atoms with Crippen LogP contribution in [0.5, 0.6) is 5.75 Å². The Labute approximate surface area is 159 Å². The molecule has 3 aromatic rings. The van der Waals surface area contributed by atoms with E-state index in [9.17, 15) is 0 Å². The van der Waals surface area contributed by atoms with E-state index >= 15 is 0 Å². The lowest BCUT2D eigenvalue weighted by Gasteiger charge is -2.13. The van der Waals surface area contributed by atoms with Crippen molar-refractivity contribution in [3.05, 3.63) is 72.2 Å². The Morgan fingerprint density at radius 3 is 2.56 bits per heavy atom.